The van der Waals surface area contributed by atoms with Crippen molar-refractivity contribution in [3.8, 4) is 0 Å². The number of piperidine rings is 1. The van der Waals surface area contributed by atoms with Gasteiger partial charge in [0.15, 0.2) is 5.96 Å². The number of nitrogens with one attached hydrogen (secondary N) is 2. The van der Waals surface area contributed by atoms with Crippen LogP contribution in [0.1, 0.15) is 18.6 Å². The molecule has 2 aromatic rings. The standard InChI is InChI=1S/C22H32N6O2/c1-27(2)21(29)17-26-22(24-12-7-20-4-3-15-30-20)25-16-18-8-13-28(14-9-18)19-5-10-23-11-6-19/h3-6,10-11,15,18H,7-9,12-14,16-17H2,1-2H3,(H2,24,25,26). The van der Waals surface area contributed by atoms with E-state index < -0.39 is 0 Å². The quantitative estimate of drug-likeness (QED) is 0.508. The van der Waals surface area contributed by atoms with Crippen molar-refractivity contribution in [2.75, 3.05) is 51.7 Å². The van der Waals surface area contributed by atoms with E-state index in [9.17, 15) is 4.79 Å². The lowest BCUT2D eigenvalue weighted by Gasteiger charge is -2.33. The summed E-state index contributed by atoms with van der Waals surface area (Å²) >= 11 is 0. The molecule has 0 atom stereocenters. The first kappa shape index (κ1) is 21.7. The highest BCUT2D eigenvalue weighted by Crippen LogP contribution is 2.22. The number of hydrogen-bond acceptors (Lipinski definition) is 5. The Morgan fingerprint density at radius 3 is 2.67 bits per heavy atom. The molecule has 2 N–H and O–H groups in total. The van der Waals surface area contributed by atoms with E-state index in [2.05, 4.69) is 37.6 Å². The summed E-state index contributed by atoms with van der Waals surface area (Å²) in [6.07, 6.45) is 8.36. The molecule has 0 bridgehead atoms. The van der Waals surface area contributed by atoms with Crippen LogP contribution in [0.25, 0.3) is 0 Å². The van der Waals surface area contributed by atoms with E-state index in [1.165, 1.54) is 5.69 Å². The topological polar surface area (TPSA) is 86.0 Å². The minimum absolute atomic E-state index is 0.0206. The van der Waals surface area contributed by atoms with Gasteiger partial charge in [-0.05, 0) is 43.0 Å². The van der Waals surface area contributed by atoms with Gasteiger partial charge in [0.2, 0.25) is 5.91 Å². The Labute approximate surface area is 178 Å². The summed E-state index contributed by atoms with van der Waals surface area (Å²) in [5.74, 6) is 2.15. The highest BCUT2D eigenvalue weighted by Gasteiger charge is 2.19. The van der Waals surface area contributed by atoms with E-state index in [0.717, 1.165) is 44.7 Å². The number of rotatable bonds is 8. The number of aromatic nitrogens is 1. The molecule has 30 heavy (non-hydrogen) atoms. The van der Waals surface area contributed by atoms with Gasteiger partial charge < -0.3 is 24.9 Å². The van der Waals surface area contributed by atoms with Crippen LogP contribution in [0, 0.1) is 5.92 Å². The van der Waals surface area contributed by atoms with Crippen molar-refractivity contribution in [2.24, 2.45) is 10.9 Å². The van der Waals surface area contributed by atoms with E-state index in [1.807, 2.05) is 24.5 Å². The molecule has 0 unspecified atom stereocenters. The van der Waals surface area contributed by atoms with Gasteiger partial charge in [-0.15, -0.1) is 0 Å². The Bertz CT molecular complexity index is 783. The molecule has 0 radical (unpaired) electrons. The van der Waals surface area contributed by atoms with Gasteiger partial charge in [-0.25, -0.2) is 4.99 Å². The van der Waals surface area contributed by atoms with E-state index in [-0.39, 0.29) is 12.5 Å². The molecule has 8 nitrogen and oxygen atoms in total. The molecule has 8 heteroatoms. The van der Waals surface area contributed by atoms with Crippen molar-refractivity contribution >= 4 is 17.6 Å². The molecule has 3 rings (SSSR count). The Kier molecular flexibility index (Phi) is 8.11. The van der Waals surface area contributed by atoms with Gasteiger partial charge in [0.05, 0.1) is 6.26 Å². The largest absolute Gasteiger partial charge is 0.469 e. The van der Waals surface area contributed by atoms with Crippen molar-refractivity contribution in [2.45, 2.75) is 19.3 Å². The molecule has 1 aliphatic heterocycles. The number of anilines is 1. The molecule has 0 spiro atoms. The van der Waals surface area contributed by atoms with E-state index in [1.54, 1.807) is 25.3 Å². The molecule has 1 saturated heterocycles. The third kappa shape index (κ3) is 6.79. The van der Waals surface area contributed by atoms with Gasteiger partial charge in [-0.3, -0.25) is 9.78 Å². The summed E-state index contributed by atoms with van der Waals surface area (Å²) in [7, 11) is 3.48. The van der Waals surface area contributed by atoms with Gasteiger partial charge in [0.1, 0.15) is 12.3 Å². The van der Waals surface area contributed by atoms with E-state index in [0.29, 0.717) is 18.4 Å². The number of carbonyl (C=O) groups is 1. The summed E-state index contributed by atoms with van der Waals surface area (Å²) in [6, 6.07) is 7.97. The zero-order chi connectivity index (χ0) is 21.2. The molecule has 0 aromatic carbocycles. The fourth-order valence-electron chi connectivity index (χ4n) is 3.41. The van der Waals surface area contributed by atoms with Gasteiger partial charge in [-0.2, -0.15) is 0 Å². The lowest BCUT2D eigenvalue weighted by atomic mass is 9.96. The number of nitrogens with zero attached hydrogens (tertiary/aromatic N) is 4. The minimum atomic E-state index is -0.0206. The summed E-state index contributed by atoms with van der Waals surface area (Å²) in [5.41, 5.74) is 1.24. The number of aliphatic imine (C=N–C) groups is 1. The third-order valence-electron chi connectivity index (χ3n) is 5.32. The Morgan fingerprint density at radius 2 is 2.00 bits per heavy atom. The lowest BCUT2D eigenvalue weighted by molar-refractivity contribution is -0.127. The third-order valence-corrected chi connectivity index (χ3v) is 5.32. The van der Waals surface area contributed by atoms with E-state index in [4.69, 9.17) is 4.42 Å². The maximum atomic E-state index is 11.9. The number of likely N-dealkylation sites (N-methyl/N-ethyl adjacent to an activating group) is 1. The van der Waals surface area contributed by atoms with Crippen molar-refractivity contribution < 1.29 is 9.21 Å². The average molecular weight is 413 g/mol. The van der Waals surface area contributed by atoms with Crippen molar-refractivity contribution in [3.63, 3.8) is 0 Å². The number of furan rings is 1. The predicted molar refractivity (Wildman–Crippen MR) is 119 cm³/mol. The van der Waals surface area contributed by atoms with Gasteiger partial charge in [0, 0.05) is 64.8 Å². The van der Waals surface area contributed by atoms with Gasteiger partial charge in [0.25, 0.3) is 0 Å². The molecule has 1 aliphatic rings. The fourth-order valence-corrected chi connectivity index (χ4v) is 3.41. The first-order valence-corrected chi connectivity index (χ1v) is 10.5. The second-order valence-corrected chi connectivity index (χ2v) is 7.73. The fraction of sp³-hybridized carbons (Fsp3) is 0.500. The second-order valence-electron chi connectivity index (χ2n) is 7.73. The number of pyridine rings is 1. The molecule has 162 valence electrons. The van der Waals surface area contributed by atoms with Crippen LogP contribution in [0.3, 0.4) is 0 Å². The van der Waals surface area contributed by atoms with Gasteiger partial charge in [-0.1, -0.05) is 0 Å². The molecule has 0 saturated carbocycles. The summed E-state index contributed by atoms with van der Waals surface area (Å²) in [5, 5.41) is 6.74. The Hall–Kier alpha value is -3.03. The Balaban J connectivity index is 1.47. The number of amides is 1. The van der Waals surface area contributed by atoms with E-state index >= 15 is 0 Å². The molecule has 3 heterocycles. The predicted octanol–water partition coefficient (Wildman–Crippen LogP) is 1.76. The highest BCUT2D eigenvalue weighted by molar-refractivity contribution is 5.84. The maximum Gasteiger partial charge on any atom is 0.243 e. The van der Waals surface area contributed by atoms with Crippen LogP contribution in [0.15, 0.2) is 52.3 Å². The normalized spacial score (nSPS) is 15.1. The van der Waals surface area contributed by atoms with Gasteiger partial charge >= 0.3 is 0 Å². The minimum Gasteiger partial charge on any atom is -0.469 e. The lowest BCUT2D eigenvalue weighted by Crippen LogP contribution is -2.44. The van der Waals surface area contributed by atoms with Crippen molar-refractivity contribution in [3.05, 3.63) is 48.7 Å². The number of guanidine groups is 1. The maximum absolute atomic E-state index is 11.9. The molecule has 2 aromatic heterocycles. The first-order chi connectivity index (χ1) is 14.6. The van der Waals surface area contributed by atoms with Crippen molar-refractivity contribution in [1.82, 2.24) is 20.5 Å². The Morgan fingerprint density at radius 1 is 1.23 bits per heavy atom. The van der Waals surface area contributed by atoms with Crippen LogP contribution in [0.5, 0.6) is 0 Å². The summed E-state index contributed by atoms with van der Waals surface area (Å²) in [6.45, 7) is 3.73. The molecule has 1 fully saturated rings. The molecule has 1 amide bonds. The van der Waals surface area contributed by atoms with Crippen LogP contribution in [0.2, 0.25) is 0 Å². The average Bonchev–Trinajstić information content (AvgIpc) is 3.29. The van der Waals surface area contributed by atoms with Crippen LogP contribution < -0.4 is 15.5 Å². The molecular weight excluding hydrogens is 380 g/mol. The smallest absolute Gasteiger partial charge is 0.243 e. The van der Waals surface area contributed by atoms with Crippen LogP contribution >= 0.6 is 0 Å². The highest BCUT2D eigenvalue weighted by atomic mass is 16.3. The second kappa shape index (κ2) is 11.2. The van der Waals surface area contributed by atoms with Crippen LogP contribution in [-0.2, 0) is 11.2 Å². The first-order valence-electron chi connectivity index (χ1n) is 10.5. The molecule has 0 aliphatic carbocycles. The van der Waals surface area contributed by atoms with Crippen molar-refractivity contribution in [1.29, 1.82) is 0 Å². The van der Waals surface area contributed by atoms with Crippen LogP contribution in [0.4, 0.5) is 5.69 Å². The zero-order valence-electron chi connectivity index (χ0n) is 17.9. The monoisotopic (exact) mass is 412 g/mol. The number of hydrogen-bond donors (Lipinski definition) is 2. The van der Waals surface area contributed by atoms with Crippen LogP contribution in [-0.4, -0.2) is 68.6 Å². The summed E-state index contributed by atoms with van der Waals surface area (Å²) in [4.78, 5) is 24.4. The SMILES string of the molecule is CN(C)C(=O)CN=C(NCCc1ccco1)NCC1CCN(c2ccncc2)CC1. The molecular formula is C22H32N6O2. The summed E-state index contributed by atoms with van der Waals surface area (Å²) < 4.78 is 5.38. The zero-order valence-corrected chi connectivity index (χ0v) is 17.9. The number of carbonyl (C=O) groups excluding carboxylic acids is 1.